The Labute approximate surface area is 147 Å². The molecular formula is C14H16Cl2N2O6. The summed E-state index contributed by atoms with van der Waals surface area (Å²) in [5, 5.41) is 19.1. The van der Waals surface area contributed by atoms with Crippen LogP contribution in [0.15, 0.2) is 24.3 Å². The topological polar surface area (TPSA) is 116 Å². The van der Waals surface area contributed by atoms with Gasteiger partial charge in [-0.25, -0.2) is 14.4 Å². The van der Waals surface area contributed by atoms with E-state index in [0.717, 1.165) is 5.69 Å². The first kappa shape index (κ1) is 19.9. The summed E-state index contributed by atoms with van der Waals surface area (Å²) in [4.78, 5) is 34.9. The van der Waals surface area contributed by atoms with Gasteiger partial charge in [-0.1, -0.05) is 0 Å². The number of carbonyl (C=O) groups is 3. The van der Waals surface area contributed by atoms with E-state index in [4.69, 9.17) is 38.2 Å². The summed E-state index contributed by atoms with van der Waals surface area (Å²) in [5.41, 5.74) is 0.818. The monoisotopic (exact) mass is 378 g/mol. The predicted octanol–water partition coefficient (Wildman–Crippen LogP) is 1.60. The molecule has 132 valence electrons. The third-order valence-electron chi connectivity index (χ3n) is 2.88. The average Bonchev–Trinajstić information content (AvgIpc) is 2.52. The summed E-state index contributed by atoms with van der Waals surface area (Å²) in [5.74, 6) is -2.44. The van der Waals surface area contributed by atoms with Gasteiger partial charge in [0, 0.05) is 30.5 Å². The lowest BCUT2D eigenvalue weighted by Gasteiger charge is -2.22. The van der Waals surface area contributed by atoms with Crippen molar-refractivity contribution < 1.29 is 29.3 Å². The van der Waals surface area contributed by atoms with Gasteiger partial charge < -0.3 is 19.8 Å². The van der Waals surface area contributed by atoms with Gasteiger partial charge in [0.05, 0.1) is 0 Å². The Balaban J connectivity index is 2.70. The summed E-state index contributed by atoms with van der Waals surface area (Å²) < 4.78 is 4.85. The van der Waals surface area contributed by atoms with Gasteiger partial charge in [-0.2, -0.15) is 0 Å². The zero-order chi connectivity index (χ0) is 18.1. The molecule has 0 aliphatic heterocycles. The number of carboxylic acids is 2. The maximum atomic E-state index is 11.6. The highest BCUT2D eigenvalue weighted by molar-refractivity contribution is 6.18. The van der Waals surface area contributed by atoms with Gasteiger partial charge in [-0.15, -0.1) is 23.2 Å². The van der Waals surface area contributed by atoms with Crippen LogP contribution in [0, 0.1) is 0 Å². The van der Waals surface area contributed by atoms with Gasteiger partial charge in [-0.3, -0.25) is 5.32 Å². The van der Waals surface area contributed by atoms with Gasteiger partial charge in [0.15, 0.2) is 0 Å². The van der Waals surface area contributed by atoms with E-state index < -0.39 is 24.1 Å². The highest BCUT2D eigenvalue weighted by Crippen LogP contribution is 2.19. The summed E-state index contributed by atoms with van der Waals surface area (Å²) >= 11 is 11.4. The molecule has 0 aromatic heterocycles. The van der Waals surface area contributed by atoms with Crippen molar-refractivity contribution in [3.05, 3.63) is 24.3 Å². The lowest BCUT2D eigenvalue weighted by Crippen LogP contribution is -2.47. The van der Waals surface area contributed by atoms with Gasteiger partial charge in [-0.05, 0) is 24.3 Å². The molecular weight excluding hydrogens is 363 g/mol. The molecule has 0 unspecified atom stereocenters. The van der Waals surface area contributed by atoms with E-state index in [2.05, 4.69) is 0 Å². The number of anilines is 1. The van der Waals surface area contributed by atoms with Gasteiger partial charge in [0.1, 0.15) is 5.75 Å². The van der Waals surface area contributed by atoms with Crippen LogP contribution in [0.25, 0.3) is 0 Å². The number of benzene rings is 1. The number of nitrogens with one attached hydrogen (secondary N) is 1. The van der Waals surface area contributed by atoms with Crippen molar-refractivity contribution in [3.63, 3.8) is 0 Å². The highest BCUT2D eigenvalue weighted by atomic mass is 35.5. The van der Waals surface area contributed by atoms with E-state index >= 15 is 0 Å². The van der Waals surface area contributed by atoms with Crippen LogP contribution < -0.4 is 15.0 Å². The van der Waals surface area contributed by atoms with Crippen molar-refractivity contribution in [1.82, 2.24) is 5.32 Å². The normalized spacial score (nSPS) is 10.3. The molecule has 10 heteroatoms. The molecule has 1 aromatic rings. The largest absolute Gasteiger partial charge is 0.479 e. The molecule has 1 aromatic carbocycles. The molecule has 0 saturated carbocycles. The molecule has 0 fully saturated rings. The first-order chi connectivity index (χ1) is 11.4. The molecule has 1 rings (SSSR count). The van der Waals surface area contributed by atoms with Crippen LogP contribution in [0.2, 0.25) is 0 Å². The van der Waals surface area contributed by atoms with Crippen molar-refractivity contribution in [3.8, 4) is 5.75 Å². The molecule has 0 spiro atoms. The number of aliphatic carboxylic acids is 2. The quantitative estimate of drug-likeness (QED) is 0.441. The summed E-state index contributed by atoms with van der Waals surface area (Å²) in [6, 6.07) is 4.24. The lowest BCUT2D eigenvalue weighted by atomic mass is 10.2. The van der Waals surface area contributed by atoms with Crippen LogP contribution in [0.5, 0.6) is 5.75 Å². The SMILES string of the molecule is O=C(NC(C(=O)O)C(=O)O)Oc1ccc(N(CCCl)CCCl)cc1. The molecule has 0 atom stereocenters. The van der Waals surface area contributed by atoms with Gasteiger partial charge >= 0.3 is 18.0 Å². The molecule has 0 bridgehead atoms. The smallest absolute Gasteiger partial charge is 0.413 e. The van der Waals surface area contributed by atoms with Crippen LogP contribution in [-0.2, 0) is 9.59 Å². The van der Waals surface area contributed by atoms with Crippen LogP contribution in [-0.4, -0.2) is 59.1 Å². The number of nitrogens with zero attached hydrogens (tertiary/aromatic N) is 1. The van der Waals surface area contributed by atoms with E-state index in [0.29, 0.717) is 24.8 Å². The van der Waals surface area contributed by atoms with Gasteiger partial charge in [0.2, 0.25) is 6.04 Å². The van der Waals surface area contributed by atoms with E-state index in [9.17, 15) is 14.4 Å². The number of amides is 1. The first-order valence-corrected chi connectivity index (χ1v) is 7.86. The number of carboxylic acid groups (broad SMARTS) is 2. The summed E-state index contributed by atoms with van der Waals surface area (Å²) in [6.07, 6.45) is -1.18. The van der Waals surface area contributed by atoms with Crippen molar-refractivity contribution in [1.29, 1.82) is 0 Å². The number of alkyl halides is 2. The molecule has 1 amide bonds. The average molecular weight is 379 g/mol. The van der Waals surface area contributed by atoms with Crippen LogP contribution >= 0.6 is 23.2 Å². The lowest BCUT2D eigenvalue weighted by molar-refractivity contribution is -0.150. The van der Waals surface area contributed by atoms with E-state index in [1.807, 2.05) is 4.90 Å². The fraction of sp³-hybridized carbons (Fsp3) is 0.357. The zero-order valence-electron chi connectivity index (χ0n) is 12.4. The Morgan fingerprint density at radius 1 is 1.04 bits per heavy atom. The standard InChI is InChI=1S/C14H16Cl2N2O6/c15-5-7-18(8-6-16)9-1-3-10(4-2-9)24-14(23)17-11(12(19)20)13(21)22/h1-4,11H,5-8H2,(H,17,23)(H,19,20)(H,21,22). The van der Waals surface area contributed by atoms with Crippen molar-refractivity contribution in [2.24, 2.45) is 0 Å². The minimum atomic E-state index is -2.08. The molecule has 3 N–H and O–H groups in total. The molecule has 0 radical (unpaired) electrons. The third-order valence-corrected chi connectivity index (χ3v) is 3.22. The Kier molecular flexibility index (Phi) is 8.14. The van der Waals surface area contributed by atoms with Crippen LogP contribution in [0.1, 0.15) is 0 Å². The molecule has 24 heavy (non-hydrogen) atoms. The minimum absolute atomic E-state index is 0.127. The van der Waals surface area contributed by atoms with Crippen molar-refractivity contribution in [2.45, 2.75) is 6.04 Å². The number of hydrogen-bond acceptors (Lipinski definition) is 5. The summed E-state index contributed by atoms with van der Waals surface area (Å²) in [7, 11) is 0. The first-order valence-electron chi connectivity index (χ1n) is 6.80. The fourth-order valence-corrected chi connectivity index (χ4v) is 2.19. The third kappa shape index (κ3) is 6.13. The second-order valence-electron chi connectivity index (χ2n) is 4.50. The molecule has 0 aliphatic carbocycles. The predicted molar refractivity (Wildman–Crippen MR) is 88.3 cm³/mol. The second-order valence-corrected chi connectivity index (χ2v) is 5.26. The molecule has 0 saturated heterocycles. The maximum absolute atomic E-state index is 11.6. The Bertz CT molecular complexity index is 561. The Morgan fingerprint density at radius 3 is 1.96 bits per heavy atom. The molecule has 0 aliphatic rings. The maximum Gasteiger partial charge on any atom is 0.413 e. The molecule has 8 nitrogen and oxygen atoms in total. The van der Waals surface area contributed by atoms with Crippen LogP contribution in [0.3, 0.4) is 0 Å². The van der Waals surface area contributed by atoms with E-state index in [1.165, 1.54) is 12.1 Å². The minimum Gasteiger partial charge on any atom is -0.479 e. The number of ether oxygens (including phenoxy) is 1. The Hall–Kier alpha value is -2.19. The van der Waals surface area contributed by atoms with Crippen molar-refractivity contribution in [2.75, 3.05) is 29.7 Å². The molecule has 0 heterocycles. The van der Waals surface area contributed by atoms with E-state index in [1.54, 1.807) is 17.4 Å². The number of rotatable bonds is 9. The highest BCUT2D eigenvalue weighted by Gasteiger charge is 2.28. The summed E-state index contributed by atoms with van der Waals surface area (Å²) in [6.45, 7) is 1.18. The van der Waals surface area contributed by atoms with E-state index in [-0.39, 0.29) is 5.75 Å². The Morgan fingerprint density at radius 2 is 1.54 bits per heavy atom. The second kappa shape index (κ2) is 9.84. The van der Waals surface area contributed by atoms with Crippen molar-refractivity contribution >= 4 is 46.9 Å². The number of halogens is 2. The zero-order valence-corrected chi connectivity index (χ0v) is 14.0. The van der Waals surface area contributed by atoms with Crippen LogP contribution in [0.4, 0.5) is 10.5 Å². The van der Waals surface area contributed by atoms with Gasteiger partial charge in [0.25, 0.3) is 0 Å². The number of hydrogen-bond donors (Lipinski definition) is 3. The number of carbonyl (C=O) groups excluding carboxylic acids is 1. The fourth-order valence-electron chi connectivity index (χ4n) is 1.78.